The highest BCUT2D eigenvalue weighted by molar-refractivity contribution is 5.76. The molecule has 0 saturated carbocycles. The minimum Gasteiger partial charge on any atom is -0.421 e. The highest BCUT2D eigenvalue weighted by Crippen LogP contribution is 2.27. The Bertz CT molecular complexity index is 715. The van der Waals surface area contributed by atoms with E-state index in [1.54, 1.807) is 0 Å². The van der Waals surface area contributed by atoms with Crippen molar-refractivity contribution < 1.29 is 9.21 Å². The van der Waals surface area contributed by atoms with Gasteiger partial charge in [0.05, 0.1) is 0 Å². The summed E-state index contributed by atoms with van der Waals surface area (Å²) < 4.78 is 5.67. The maximum atomic E-state index is 12.3. The van der Waals surface area contributed by atoms with E-state index in [4.69, 9.17) is 4.42 Å². The van der Waals surface area contributed by atoms with Crippen LogP contribution in [0.3, 0.4) is 0 Å². The van der Waals surface area contributed by atoms with Crippen LogP contribution in [0, 0.1) is 0 Å². The first-order valence-electron chi connectivity index (χ1n) is 9.21. The zero-order valence-electron chi connectivity index (χ0n) is 14.4. The minimum atomic E-state index is 0.0804. The second kappa shape index (κ2) is 7.35. The van der Waals surface area contributed by atoms with Crippen molar-refractivity contribution in [2.75, 3.05) is 13.1 Å². The average Bonchev–Trinajstić information content (AvgIpc) is 3.28. The lowest BCUT2D eigenvalue weighted by atomic mass is 9.99. The molecular formula is C19H24N4O2. The number of amides is 1. The van der Waals surface area contributed by atoms with E-state index in [1.807, 2.05) is 30.3 Å². The van der Waals surface area contributed by atoms with Crippen molar-refractivity contribution in [3.8, 4) is 11.5 Å². The first-order valence-corrected chi connectivity index (χ1v) is 9.21. The third-order valence-electron chi connectivity index (χ3n) is 5.26. The quantitative estimate of drug-likeness (QED) is 0.905. The van der Waals surface area contributed by atoms with Gasteiger partial charge in [-0.1, -0.05) is 24.6 Å². The van der Waals surface area contributed by atoms with Crippen LogP contribution in [0.15, 0.2) is 34.7 Å². The summed E-state index contributed by atoms with van der Waals surface area (Å²) in [6.45, 7) is 2.29. The number of fused-ring (bicyclic) bond motifs is 1. The first-order chi connectivity index (χ1) is 12.3. The summed E-state index contributed by atoms with van der Waals surface area (Å²) in [5.74, 6) is 1.10. The molecule has 2 saturated heterocycles. The van der Waals surface area contributed by atoms with Gasteiger partial charge < -0.3 is 9.73 Å². The Hall–Kier alpha value is -2.21. The molecule has 2 aliphatic heterocycles. The molecule has 1 aromatic carbocycles. The number of piperidine rings is 1. The first kappa shape index (κ1) is 16.3. The second-order valence-electron chi connectivity index (χ2n) is 6.93. The number of carbonyl (C=O) groups is 1. The van der Waals surface area contributed by atoms with Gasteiger partial charge in [0.2, 0.25) is 17.7 Å². The van der Waals surface area contributed by atoms with Gasteiger partial charge in [-0.2, -0.15) is 0 Å². The normalized spacial score (nSPS) is 23.4. The van der Waals surface area contributed by atoms with Crippen LogP contribution in [-0.2, 0) is 11.2 Å². The third-order valence-corrected chi connectivity index (χ3v) is 5.26. The summed E-state index contributed by atoms with van der Waals surface area (Å²) in [5.41, 5.74) is 0.897. The fraction of sp³-hybridized carbons (Fsp3) is 0.526. The van der Waals surface area contributed by atoms with Crippen LogP contribution in [0.4, 0.5) is 0 Å². The molecule has 6 nitrogen and oxygen atoms in total. The Labute approximate surface area is 147 Å². The van der Waals surface area contributed by atoms with Crippen molar-refractivity contribution in [2.45, 2.75) is 50.6 Å². The molecule has 132 valence electrons. The number of carbonyl (C=O) groups excluding carboxylic acids is 1. The summed E-state index contributed by atoms with van der Waals surface area (Å²) in [6, 6.07) is 10.5. The van der Waals surface area contributed by atoms with Crippen molar-refractivity contribution in [3.63, 3.8) is 0 Å². The van der Waals surface area contributed by atoms with Gasteiger partial charge in [-0.05, 0) is 37.9 Å². The molecule has 2 atom stereocenters. The van der Waals surface area contributed by atoms with Gasteiger partial charge in [0, 0.05) is 37.0 Å². The molecule has 0 unspecified atom stereocenters. The molecule has 0 bridgehead atoms. The number of hydrogen-bond donors (Lipinski definition) is 1. The lowest BCUT2D eigenvalue weighted by Crippen LogP contribution is -2.46. The van der Waals surface area contributed by atoms with E-state index < -0.39 is 0 Å². The summed E-state index contributed by atoms with van der Waals surface area (Å²) in [4.78, 5) is 14.8. The number of aryl methyl sites for hydroxylation is 1. The number of hydrogen-bond acceptors (Lipinski definition) is 5. The number of nitrogens with one attached hydrogen (secondary N) is 1. The van der Waals surface area contributed by atoms with E-state index in [0.717, 1.165) is 18.5 Å². The zero-order valence-corrected chi connectivity index (χ0v) is 14.4. The molecule has 0 spiro atoms. The molecular weight excluding hydrogens is 316 g/mol. The van der Waals surface area contributed by atoms with Gasteiger partial charge >= 0.3 is 0 Å². The second-order valence-corrected chi connectivity index (χ2v) is 6.93. The minimum absolute atomic E-state index is 0.0804. The molecule has 2 aliphatic rings. The molecule has 1 amide bonds. The molecule has 6 heteroatoms. The third kappa shape index (κ3) is 3.74. The van der Waals surface area contributed by atoms with Crippen molar-refractivity contribution in [2.24, 2.45) is 0 Å². The van der Waals surface area contributed by atoms with Crippen LogP contribution in [0.25, 0.3) is 11.5 Å². The number of aromatic nitrogens is 2. The van der Waals surface area contributed by atoms with Gasteiger partial charge in [0.25, 0.3) is 0 Å². The fourth-order valence-electron chi connectivity index (χ4n) is 3.97. The summed E-state index contributed by atoms with van der Waals surface area (Å²) in [6.07, 6.45) is 5.70. The summed E-state index contributed by atoms with van der Waals surface area (Å²) in [5, 5.41) is 11.3. The van der Waals surface area contributed by atoms with Gasteiger partial charge in [0.1, 0.15) is 0 Å². The predicted octanol–water partition coefficient (Wildman–Crippen LogP) is 2.41. The molecule has 4 rings (SSSR count). The standard InChI is InChI=1S/C19H24N4O2/c24-17(20-15-11-13-23-12-5-4-8-16(15)23)9-10-18-21-22-19(25-18)14-6-2-1-3-7-14/h1-3,6-7,15-16H,4-5,8-13H2,(H,20,24)/t15-,16-/m1/s1. The zero-order chi connectivity index (χ0) is 17.1. The Kier molecular flexibility index (Phi) is 4.78. The molecule has 1 aromatic heterocycles. The molecule has 0 radical (unpaired) electrons. The van der Waals surface area contributed by atoms with Crippen LogP contribution in [-0.4, -0.2) is 46.2 Å². The SMILES string of the molecule is O=C(CCc1nnc(-c2ccccc2)o1)N[C@@H]1CCN2CCCC[C@H]12. The Morgan fingerprint density at radius 3 is 2.92 bits per heavy atom. The van der Waals surface area contributed by atoms with E-state index in [9.17, 15) is 4.79 Å². The molecule has 2 fully saturated rings. The number of benzene rings is 1. The fourth-order valence-corrected chi connectivity index (χ4v) is 3.97. The maximum absolute atomic E-state index is 12.3. The molecule has 25 heavy (non-hydrogen) atoms. The molecule has 2 aromatic rings. The lowest BCUT2D eigenvalue weighted by Gasteiger charge is -2.32. The smallest absolute Gasteiger partial charge is 0.247 e. The molecule has 0 aliphatic carbocycles. The van der Waals surface area contributed by atoms with E-state index in [-0.39, 0.29) is 5.91 Å². The van der Waals surface area contributed by atoms with E-state index in [0.29, 0.717) is 36.7 Å². The van der Waals surface area contributed by atoms with Gasteiger partial charge in [-0.15, -0.1) is 10.2 Å². The number of rotatable bonds is 5. The average molecular weight is 340 g/mol. The highest BCUT2D eigenvalue weighted by atomic mass is 16.4. The Balaban J connectivity index is 1.28. The van der Waals surface area contributed by atoms with Crippen LogP contribution < -0.4 is 5.32 Å². The maximum Gasteiger partial charge on any atom is 0.247 e. The largest absolute Gasteiger partial charge is 0.421 e. The van der Waals surface area contributed by atoms with Gasteiger partial charge in [-0.25, -0.2) is 0 Å². The van der Waals surface area contributed by atoms with Crippen LogP contribution >= 0.6 is 0 Å². The van der Waals surface area contributed by atoms with Gasteiger partial charge in [-0.3, -0.25) is 9.69 Å². The summed E-state index contributed by atoms with van der Waals surface area (Å²) in [7, 11) is 0. The Morgan fingerprint density at radius 2 is 2.04 bits per heavy atom. The Morgan fingerprint density at radius 1 is 1.16 bits per heavy atom. The number of nitrogens with zero attached hydrogens (tertiary/aromatic N) is 3. The molecule has 1 N–H and O–H groups in total. The van der Waals surface area contributed by atoms with Crippen LogP contribution in [0.1, 0.15) is 38.0 Å². The predicted molar refractivity (Wildman–Crippen MR) is 93.8 cm³/mol. The summed E-state index contributed by atoms with van der Waals surface area (Å²) >= 11 is 0. The van der Waals surface area contributed by atoms with Crippen molar-refractivity contribution in [1.82, 2.24) is 20.4 Å². The van der Waals surface area contributed by atoms with Crippen LogP contribution in [0.5, 0.6) is 0 Å². The topological polar surface area (TPSA) is 71.3 Å². The van der Waals surface area contributed by atoms with E-state index in [2.05, 4.69) is 20.4 Å². The van der Waals surface area contributed by atoms with Crippen LogP contribution in [0.2, 0.25) is 0 Å². The van der Waals surface area contributed by atoms with Crippen molar-refractivity contribution in [1.29, 1.82) is 0 Å². The monoisotopic (exact) mass is 340 g/mol. The van der Waals surface area contributed by atoms with E-state index in [1.165, 1.54) is 25.8 Å². The molecule has 3 heterocycles. The van der Waals surface area contributed by atoms with Crippen molar-refractivity contribution >= 4 is 5.91 Å². The highest BCUT2D eigenvalue weighted by Gasteiger charge is 2.36. The van der Waals surface area contributed by atoms with Crippen molar-refractivity contribution in [3.05, 3.63) is 36.2 Å². The van der Waals surface area contributed by atoms with Gasteiger partial charge in [0.15, 0.2) is 0 Å². The lowest BCUT2D eigenvalue weighted by molar-refractivity contribution is -0.122. The van der Waals surface area contributed by atoms with E-state index >= 15 is 0 Å².